The number of hydrogen-bond donors (Lipinski definition) is 1. The lowest BCUT2D eigenvalue weighted by molar-refractivity contribution is 0.102. The molecule has 0 bridgehead atoms. The van der Waals surface area contributed by atoms with E-state index in [0.717, 1.165) is 16.6 Å². The molecule has 0 radical (unpaired) electrons. The molecule has 0 aliphatic carbocycles. The van der Waals surface area contributed by atoms with Crippen LogP contribution in [0.25, 0.3) is 22.2 Å². The van der Waals surface area contributed by atoms with Gasteiger partial charge in [0.05, 0.1) is 16.8 Å². The van der Waals surface area contributed by atoms with Gasteiger partial charge in [0, 0.05) is 34.9 Å². The van der Waals surface area contributed by atoms with E-state index in [-0.39, 0.29) is 5.91 Å². The van der Waals surface area contributed by atoms with Gasteiger partial charge in [0.15, 0.2) is 5.13 Å². The molecule has 1 N–H and O–H groups in total. The molecule has 0 fully saturated rings. The molecule has 0 aliphatic rings. The van der Waals surface area contributed by atoms with Crippen LogP contribution in [0.3, 0.4) is 0 Å². The number of hydrogen-bond acceptors (Lipinski definition) is 5. The fourth-order valence-corrected chi connectivity index (χ4v) is 2.98. The van der Waals surface area contributed by atoms with E-state index in [0.29, 0.717) is 16.2 Å². The predicted molar refractivity (Wildman–Crippen MR) is 95.0 cm³/mol. The second-order valence-electron chi connectivity index (χ2n) is 5.11. The van der Waals surface area contributed by atoms with Gasteiger partial charge in [-0.2, -0.15) is 0 Å². The Labute approximate surface area is 142 Å². The Morgan fingerprint density at radius 2 is 2.00 bits per heavy atom. The number of para-hydroxylation sites is 1. The monoisotopic (exact) mass is 332 g/mol. The van der Waals surface area contributed by atoms with Gasteiger partial charge in [0.1, 0.15) is 0 Å². The number of carbonyl (C=O) groups is 1. The molecule has 1 aromatic carbocycles. The van der Waals surface area contributed by atoms with Crippen molar-refractivity contribution in [1.29, 1.82) is 0 Å². The van der Waals surface area contributed by atoms with E-state index in [4.69, 9.17) is 0 Å². The van der Waals surface area contributed by atoms with Gasteiger partial charge in [-0.25, -0.2) is 9.97 Å². The Morgan fingerprint density at radius 1 is 1.04 bits per heavy atom. The topological polar surface area (TPSA) is 67.8 Å². The van der Waals surface area contributed by atoms with Crippen LogP contribution in [0, 0.1) is 0 Å². The first kappa shape index (κ1) is 14.5. The molecule has 4 rings (SSSR count). The second-order valence-corrected chi connectivity index (χ2v) is 6.00. The van der Waals surface area contributed by atoms with Crippen LogP contribution >= 0.6 is 11.3 Å². The maximum Gasteiger partial charge on any atom is 0.259 e. The number of carbonyl (C=O) groups excluding carboxylic acids is 1. The summed E-state index contributed by atoms with van der Waals surface area (Å²) in [5.41, 5.74) is 2.88. The Hall–Kier alpha value is -3.12. The van der Waals surface area contributed by atoms with Crippen LogP contribution in [0.15, 0.2) is 66.4 Å². The molecule has 5 nitrogen and oxygen atoms in total. The molecule has 116 valence electrons. The first-order chi connectivity index (χ1) is 11.8. The van der Waals surface area contributed by atoms with Crippen LogP contribution < -0.4 is 5.32 Å². The molecule has 0 aliphatic heterocycles. The number of amides is 1. The molecule has 0 saturated carbocycles. The highest BCUT2D eigenvalue weighted by molar-refractivity contribution is 7.13. The summed E-state index contributed by atoms with van der Waals surface area (Å²) in [5.74, 6) is -0.216. The highest BCUT2D eigenvalue weighted by atomic mass is 32.1. The lowest BCUT2D eigenvalue weighted by Crippen LogP contribution is -2.12. The minimum Gasteiger partial charge on any atom is -0.298 e. The number of anilines is 1. The largest absolute Gasteiger partial charge is 0.298 e. The lowest BCUT2D eigenvalue weighted by Gasteiger charge is -2.08. The quantitative estimate of drug-likeness (QED) is 0.615. The average Bonchev–Trinajstić information content (AvgIpc) is 3.14. The van der Waals surface area contributed by atoms with Gasteiger partial charge < -0.3 is 0 Å². The van der Waals surface area contributed by atoms with E-state index in [2.05, 4.69) is 20.3 Å². The van der Waals surface area contributed by atoms with Crippen molar-refractivity contribution < 1.29 is 4.79 Å². The third-order valence-corrected chi connectivity index (χ3v) is 4.26. The second kappa shape index (κ2) is 6.17. The summed E-state index contributed by atoms with van der Waals surface area (Å²) < 4.78 is 0. The van der Waals surface area contributed by atoms with E-state index in [9.17, 15) is 4.79 Å². The van der Waals surface area contributed by atoms with Gasteiger partial charge in [-0.3, -0.25) is 15.1 Å². The number of nitrogens with zero attached hydrogens (tertiary/aromatic N) is 3. The number of pyridine rings is 2. The Bertz CT molecular complexity index is 1000. The summed E-state index contributed by atoms with van der Waals surface area (Å²) in [7, 11) is 0. The number of fused-ring (bicyclic) bond motifs is 1. The number of aromatic nitrogens is 3. The van der Waals surface area contributed by atoms with Crippen LogP contribution in [0.5, 0.6) is 0 Å². The zero-order chi connectivity index (χ0) is 16.4. The third kappa shape index (κ3) is 2.75. The first-order valence-corrected chi connectivity index (χ1v) is 8.20. The summed E-state index contributed by atoms with van der Waals surface area (Å²) >= 11 is 1.38. The van der Waals surface area contributed by atoms with Crippen LogP contribution in [-0.4, -0.2) is 20.9 Å². The van der Waals surface area contributed by atoms with E-state index in [1.807, 2.05) is 41.8 Å². The lowest BCUT2D eigenvalue weighted by atomic mass is 10.1. The molecule has 0 saturated heterocycles. The van der Waals surface area contributed by atoms with E-state index in [1.165, 1.54) is 11.3 Å². The van der Waals surface area contributed by atoms with Crippen molar-refractivity contribution >= 4 is 33.3 Å². The number of nitrogens with one attached hydrogen (secondary N) is 1. The standard InChI is InChI=1S/C18H12N4OS/c23-17(22-18-20-9-10-24-18)14-5-1-3-12-6-7-15(21-16(12)14)13-4-2-8-19-11-13/h1-11H,(H,20,22,23). The fraction of sp³-hybridized carbons (Fsp3) is 0. The summed E-state index contributed by atoms with van der Waals surface area (Å²) in [5, 5.41) is 6.10. The van der Waals surface area contributed by atoms with Crippen LogP contribution in [0.1, 0.15) is 10.4 Å². The van der Waals surface area contributed by atoms with Gasteiger partial charge in [0.2, 0.25) is 0 Å². The normalized spacial score (nSPS) is 10.7. The van der Waals surface area contributed by atoms with Gasteiger partial charge >= 0.3 is 0 Å². The van der Waals surface area contributed by atoms with Crippen molar-refractivity contribution in [3.8, 4) is 11.3 Å². The Kier molecular flexibility index (Phi) is 3.72. The summed E-state index contributed by atoms with van der Waals surface area (Å²) in [6.07, 6.45) is 5.13. The molecule has 0 spiro atoms. The molecule has 4 aromatic rings. The molecule has 24 heavy (non-hydrogen) atoms. The summed E-state index contributed by atoms with van der Waals surface area (Å²) in [6, 6.07) is 13.3. The molecular formula is C18H12N4OS. The summed E-state index contributed by atoms with van der Waals surface area (Å²) in [6.45, 7) is 0. The van der Waals surface area contributed by atoms with Crippen LogP contribution in [-0.2, 0) is 0 Å². The fourth-order valence-electron chi connectivity index (χ4n) is 2.45. The van der Waals surface area contributed by atoms with Gasteiger partial charge in [-0.15, -0.1) is 11.3 Å². The van der Waals surface area contributed by atoms with E-state index < -0.39 is 0 Å². The smallest absolute Gasteiger partial charge is 0.259 e. The van der Waals surface area contributed by atoms with Gasteiger partial charge in [0.25, 0.3) is 5.91 Å². The summed E-state index contributed by atoms with van der Waals surface area (Å²) in [4.78, 5) is 25.5. The van der Waals surface area contributed by atoms with Crippen molar-refractivity contribution in [2.75, 3.05) is 5.32 Å². The van der Waals surface area contributed by atoms with Crippen molar-refractivity contribution in [2.24, 2.45) is 0 Å². The van der Waals surface area contributed by atoms with Crippen LogP contribution in [0.4, 0.5) is 5.13 Å². The highest BCUT2D eigenvalue weighted by Gasteiger charge is 2.13. The Balaban J connectivity index is 1.79. The Morgan fingerprint density at radius 3 is 2.79 bits per heavy atom. The van der Waals surface area contributed by atoms with Crippen molar-refractivity contribution in [2.45, 2.75) is 0 Å². The molecule has 6 heteroatoms. The minimum atomic E-state index is -0.216. The molecule has 0 unspecified atom stereocenters. The third-order valence-electron chi connectivity index (χ3n) is 3.57. The van der Waals surface area contributed by atoms with Crippen molar-refractivity contribution in [3.63, 3.8) is 0 Å². The zero-order valence-corrected chi connectivity index (χ0v) is 13.3. The average molecular weight is 332 g/mol. The van der Waals surface area contributed by atoms with Gasteiger partial charge in [-0.1, -0.05) is 18.2 Å². The maximum absolute atomic E-state index is 12.6. The van der Waals surface area contributed by atoms with Gasteiger partial charge in [-0.05, 0) is 24.3 Å². The molecule has 3 heterocycles. The highest BCUT2D eigenvalue weighted by Crippen LogP contribution is 2.23. The maximum atomic E-state index is 12.6. The molecule has 0 atom stereocenters. The minimum absolute atomic E-state index is 0.216. The predicted octanol–water partition coefficient (Wildman–Crippen LogP) is 4.01. The van der Waals surface area contributed by atoms with E-state index in [1.54, 1.807) is 24.7 Å². The molecular weight excluding hydrogens is 320 g/mol. The van der Waals surface area contributed by atoms with Crippen molar-refractivity contribution in [1.82, 2.24) is 15.0 Å². The molecule has 3 aromatic heterocycles. The zero-order valence-electron chi connectivity index (χ0n) is 12.5. The number of benzene rings is 1. The molecule has 1 amide bonds. The first-order valence-electron chi connectivity index (χ1n) is 7.32. The SMILES string of the molecule is O=C(Nc1nccs1)c1cccc2ccc(-c3cccnc3)nc12. The number of thiazole rings is 1. The van der Waals surface area contributed by atoms with Crippen molar-refractivity contribution in [3.05, 3.63) is 72.0 Å². The number of rotatable bonds is 3. The van der Waals surface area contributed by atoms with E-state index >= 15 is 0 Å². The van der Waals surface area contributed by atoms with Crippen LogP contribution in [0.2, 0.25) is 0 Å².